The minimum absolute atomic E-state index is 0.723. The molecule has 1 aliphatic heterocycles. The third-order valence-electron chi connectivity index (χ3n) is 4.49. The van der Waals surface area contributed by atoms with Gasteiger partial charge < -0.3 is 5.32 Å². The van der Waals surface area contributed by atoms with Crippen LogP contribution in [-0.2, 0) is 13.0 Å². The Kier molecular flexibility index (Phi) is 5.41. The Morgan fingerprint density at radius 1 is 1.11 bits per heavy atom. The fraction of sp³-hybridized carbons (Fsp3) is 0.647. The van der Waals surface area contributed by atoms with Crippen LogP contribution in [0.15, 0.2) is 24.3 Å². The van der Waals surface area contributed by atoms with Crippen LogP contribution in [0.5, 0.6) is 0 Å². The van der Waals surface area contributed by atoms with E-state index in [4.69, 9.17) is 0 Å². The van der Waals surface area contributed by atoms with Crippen LogP contribution in [0.4, 0.5) is 0 Å². The van der Waals surface area contributed by atoms with Crippen molar-refractivity contribution < 1.29 is 0 Å². The Bertz CT molecular complexity index is 379. The van der Waals surface area contributed by atoms with E-state index in [-0.39, 0.29) is 0 Å². The summed E-state index contributed by atoms with van der Waals surface area (Å²) in [5.74, 6) is 0. The SMILES string of the molecule is CNCCc1ccccc1CN1C(C)CCCC1C. The fourth-order valence-corrected chi connectivity index (χ4v) is 3.20. The highest BCUT2D eigenvalue weighted by Crippen LogP contribution is 2.25. The van der Waals surface area contributed by atoms with E-state index in [2.05, 4.69) is 48.3 Å². The smallest absolute Gasteiger partial charge is 0.0242 e. The maximum Gasteiger partial charge on any atom is 0.0242 e. The van der Waals surface area contributed by atoms with E-state index < -0.39 is 0 Å². The number of likely N-dealkylation sites (tertiary alicyclic amines) is 1. The largest absolute Gasteiger partial charge is 0.319 e. The van der Waals surface area contributed by atoms with Gasteiger partial charge in [0.15, 0.2) is 0 Å². The molecular formula is C17H28N2. The van der Waals surface area contributed by atoms with Crippen LogP contribution >= 0.6 is 0 Å². The highest BCUT2D eigenvalue weighted by Gasteiger charge is 2.24. The van der Waals surface area contributed by atoms with Gasteiger partial charge in [-0.1, -0.05) is 30.7 Å². The third-order valence-corrected chi connectivity index (χ3v) is 4.49. The normalized spacial score (nSPS) is 24.6. The maximum absolute atomic E-state index is 3.25. The van der Waals surface area contributed by atoms with Gasteiger partial charge in [-0.3, -0.25) is 4.90 Å². The van der Waals surface area contributed by atoms with E-state index >= 15 is 0 Å². The Labute approximate surface area is 118 Å². The molecule has 1 heterocycles. The third kappa shape index (κ3) is 3.80. The van der Waals surface area contributed by atoms with Crippen LogP contribution < -0.4 is 5.32 Å². The van der Waals surface area contributed by atoms with Gasteiger partial charge in [0.05, 0.1) is 0 Å². The van der Waals surface area contributed by atoms with Crippen LogP contribution in [0.25, 0.3) is 0 Å². The summed E-state index contributed by atoms with van der Waals surface area (Å²) in [6.07, 6.45) is 5.22. The lowest BCUT2D eigenvalue weighted by Crippen LogP contribution is -2.43. The molecule has 0 radical (unpaired) electrons. The summed E-state index contributed by atoms with van der Waals surface area (Å²) < 4.78 is 0. The molecule has 0 spiro atoms. The van der Waals surface area contributed by atoms with Crippen LogP contribution in [-0.4, -0.2) is 30.6 Å². The van der Waals surface area contributed by atoms with E-state index in [1.54, 1.807) is 0 Å². The van der Waals surface area contributed by atoms with Crippen LogP contribution in [0.2, 0.25) is 0 Å². The first-order valence-corrected chi connectivity index (χ1v) is 7.69. The molecule has 1 fully saturated rings. The summed E-state index contributed by atoms with van der Waals surface area (Å²) in [5.41, 5.74) is 3.01. The van der Waals surface area contributed by atoms with Crippen molar-refractivity contribution >= 4 is 0 Å². The molecule has 19 heavy (non-hydrogen) atoms. The lowest BCUT2D eigenvalue weighted by Gasteiger charge is -2.39. The van der Waals surface area contributed by atoms with Crippen molar-refractivity contribution in [2.45, 2.75) is 58.2 Å². The molecule has 2 atom stereocenters. The lowest BCUT2D eigenvalue weighted by atomic mass is 9.95. The van der Waals surface area contributed by atoms with Crippen LogP contribution in [0.1, 0.15) is 44.2 Å². The van der Waals surface area contributed by atoms with E-state index in [1.807, 2.05) is 7.05 Å². The van der Waals surface area contributed by atoms with Gasteiger partial charge in [0.25, 0.3) is 0 Å². The molecule has 0 aromatic heterocycles. The van der Waals surface area contributed by atoms with Gasteiger partial charge in [-0.25, -0.2) is 0 Å². The summed E-state index contributed by atoms with van der Waals surface area (Å²) >= 11 is 0. The van der Waals surface area contributed by atoms with Gasteiger partial charge in [-0.15, -0.1) is 0 Å². The number of rotatable bonds is 5. The zero-order valence-corrected chi connectivity index (χ0v) is 12.7. The highest BCUT2D eigenvalue weighted by atomic mass is 15.2. The molecule has 1 aromatic rings. The number of benzene rings is 1. The van der Waals surface area contributed by atoms with Crippen molar-refractivity contribution in [2.75, 3.05) is 13.6 Å². The molecule has 1 aliphatic rings. The van der Waals surface area contributed by atoms with E-state index in [0.717, 1.165) is 31.6 Å². The first kappa shape index (κ1) is 14.5. The Morgan fingerprint density at radius 3 is 2.37 bits per heavy atom. The van der Waals surface area contributed by atoms with Gasteiger partial charge in [-0.05, 0) is 57.8 Å². The summed E-state index contributed by atoms with van der Waals surface area (Å²) in [6.45, 7) is 6.93. The highest BCUT2D eigenvalue weighted by molar-refractivity contribution is 5.27. The molecule has 0 amide bonds. The minimum Gasteiger partial charge on any atom is -0.319 e. The van der Waals surface area contributed by atoms with Crippen molar-refractivity contribution in [1.82, 2.24) is 10.2 Å². The molecule has 2 heteroatoms. The van der Waals surface area contributed by atoms with Crippen molar-refractivity contribution in [3.8, 4) is 0 Å². The molecule has 106 valence electrons. The fourth-order valence-electron chi connectivity index (χ4n) is 3.20. The second kappa shape index (κ2) is 7.06. The van der Waals surface area contributed by atoms with Crippen LogP contribution in [0, 0.1) is 0 Å². The van der Waals surface area contributed by atoms with Gasteiger partial charge in [0.1, 0.15) is 0 Å². The molecule has 0 saturated carbocycles. The number of hydrogen-bond acceptors (Lipinski definition) is 2. The lowest BCUT2D eigenvalue weighted by molar-refractivity contribution is 0.0950. The van der Waals surface area contributed by atoms with Gasteiger partial charge in [-0.2, -0.15) is 0 Å². The number of nitrogens with one attached hydrogen (secondary N) is 1. The van der Waals surface area contributed by atoms with E-state index in [0.29, 0.717) is 0 Å². The summed E-state index contributed by atoms with van der Waals surface area (Å²) in [6, 6.07) is 10.4. The zero-order valence-electron chi connectivity index (χ0n) is 12.7. The number of piperidine rings is 1. The second-order valence-corrected chi connectivity index (χ2v) is 5.92. The Hall–Kier alpha value is -0.860. The quantitative estimate of drug-likeness (QED) is 0.874. The predicted molar refractivity (Wildman–Crippen MR) is 82.4 cm³/mol. The topological polar surface area (TPSA) is 15.3 Å². The summed E-state index contributed by atoms with van der Waals surface area (Å²) in [7, 11) is 2.03. The first-order chi connectivity index (χ1) is 9.22. The Balaban J connectivity index is 2.08. The number of nitrogens with zero attached hydrogens (tertiary/aromatic N) is 1. The maximum atomic E-state index is 3.25. The second-order valence-electron chi connectivity index (χ2n) is 5.92. The van der Waals surface area contributed by atoms with E-state index in [1.165, 1.54) is 30.4 Å². The van der Waals surface area contributed by atoms with Crippen molar-refractivity contribution in [3.05, 3.63) is 35.4 Å². The Morgan fingerprint density at radius 2 is 1.74 bits per heavy atom. The molecule has 0 aliphatic carbocycles. The van der Waals surface area contributed by atoms with E-state index in [9.17, 15) is 0 Å². The summed E-state index contributed by atoms with van der Waals surface area (Å²) in [5, 5.41) is 3.25. The molecular weight excluding hydrogens is 232 g/mol. The average molecular weight is 260 g/mol. The molecule has 2 rings (SSSR count). The number of likely N-dealkylation sites (N-methyl/N-ethyl adjacent to an activating group) is 1. The van der Waals surface area contributed by atoms with Crippen molar-refractivity contribution in [1.29, 1.82) is 0 Å². The molecule has 1 saturated heterocycles. The standard InChI is InChI=1S/C17H28N2/c1-14-7-6-8-15(2)19(14)13-17-10-5-4-9-16(17)11-12-18-3/h4-5,9-10,14-15,18H,6-8,11-13H2,1-3H3. The average Bonchev–Trinajstić information content (AvgIpc) is 2.42. The molecule has 2 nitrogen and oxygen atoms in total. The van der Waals surface area contributed by atoms with Gasteiger partial charge in [0, 0.05) is 18.6 Å². The van der Waals surface area contributed by atoms with Gasteiger partial charge in [0.2, 0.25) is 0 Å². The molecule has 1 N–H and O–H groups in total. The van der Waals surface area contributed by atoms with Crippen molar-refractivity contribution in [2.24, 2.45) is 0 Å². The first-order valence-electron chi connectivity index (χ1n) is 7.69. The van der Waals surface area contributed by atoms with Crippen LogP contribution in [0.3, 0.4) is 0 Å². The number of hydrogen-bond donors (Lipinski definition) is 1. The molecule has 0 bridgehead atoms. The zero-order chi connectivity index (χ0) is 13.7. The predicted octanol–water partition coefficient (Wildman–Crippen LogP) is 3.21. The molecule has 2 unspecified atom stereocenters. The molecule has 1 aromatic carbocycles. The monoisotopic (exact) mass is 260 g/mol. The minimum atomic E-state index is 0.723. The summed E-state index contributed by atoms with van der Waals surface area (Å²) in [4.78, 5) is 2.68. The van der Waals surface area contributed by atoms with Gasteiger partial charge >= 0.3 is 0 Å². The van der Waals surface area contributed by atoms with Crippen molar-refractivity contribution in [3.63, 3.8) is 0 Å².